The molecule has 0 aromatic carbocycles. The topological polar surface area (TPSA) is 80.1 Å². The predicted molar refractivity (Wildman–Crippen MR) is 89.8 cm³/mol. The lowest BCUT2D eigenvalue weighted by atomic mass is 10.1. The molecular formula is C17H21N5O2. The van der Waals surface area contributed by atoms with Crippen LogP contribution in [0.25, 0.3) is 5.82 Å². The van der Waals surface area contributed by atoms with Gasteiger partial charge in [0.05, 0.1) is 23.5 Å². The van der Waals surface area contributed by atoms with Crippen molar-refractivity contribution in [2.45, 2.75) is 27.2 Å². The Morgan fingerprint density at radius 2 is 2.17 bits per heavy atom. The van der Waals surface area contributed by atoms with E-state index in [1.54, 1.807) is 21.8 Å². The number of nitrogens with one attached hydrogen (secondary N) is 1. The number of aromatic nitrogens is 3. The van der Waals surface area contributed by atoms with Crippen LogP contribution < -0.4 is 5.32 Å². The zero-order valence-corrected chi connectivity index (χ0v) is 14.1. The number of aryl methyl sites for hydroxylation is 2. The first-order valence-corrected chi connectivity index (χ1v) is 8.06. The van der Waals surface area contributed by atoms with Gasteiger partial charge in [0, 0.05) is 25.2 Å². The first kappa shape index (κ1) is 16.2. The fourth-order valence-corrected chi connectivity index (χ4v) is 2.94. The molecule has 3 rings (SSSR count). The Labute approximate surface area is 140 Å². The maximum Gasteiger partial charge on any atom is 0.229 e. The van der Waals surface area contributed by atoms with Gasteiger partial charge in [-0.2, -0.15) is 5.10 Å². The lowest BCUT2D eigenvalue weighted by molar-refractivity contribution is -0.128. The van der Waals surface area contributed by atoms with E-state index in [1.165, 1.54) is 0 Å². The molecule has 7 heteroatoms. The monoisotopic (exact) mass is 327 g/mol. The first-order valence-electron chi connectivity index (χ1n) is 8.06. The number of carbonyl (C=O) groups excluding carboxylic acids is 2. The van der Waals surface area contributed by atoms with E-state index >= 15 is 0 Å². The number of hydrogen-bond acceptors (Lipinski definition) is 4. The Morgan fingerprint density at radius 1 is 1.38 bits per heavy atom. The van der Waals surface area contributed by atoms with Crippen molar-refractivity contribution in [1.82, 2.24) is 19.7 Å². The van der Waals surface area contributed by atoms with Crippen LogP contribution in [0.4, 0.5) is 5.69 Å². The van der Waals surface area contributed by atoms with Gasteiger partial charge in [-0.15, -0.1) is 0 Å². The van der Waals surface area contributed by atoms with Gasteiger partial charge in [-0.05, 0) is 39.0 Å². The van der Waals surface area contributed by atoms with Crippen LogP contribution in [0.1, 0.15) is 24.7 Å². The highest BCUT2D eigenvalue weighted by Gasteiger charge is 2.33. The second-order valence-corrected chi connectivity index (χ2v) is 6.07. The van der Waals surface area contributed by atoms with Gasteiger partial charge in [-0.1, -0.05) is 0 Å². The predicted octanol–water partition coefficient (Wildman–Crippen LogP) is 1.69. The summed E-state index contributed by atoms with van der Waals surface area (Å²) in [6.45, 7) is 6.94. The van der Waals surface area contributed by atoms with Gasteiger partial charge in [0.1, 0.15) is 0 Å². The van der Waals surface area contributed by atoms with Gasteiger partial charge < -0.3 is 10.2 Å². The fourth-order valence-electron chi connectivity index (χ4n) is 2.94. The summed E-state index contributed by atoms with van der Waals surface area (Å²) in [7, 11) is 0. The average molecular weight is 327 g/mol. The van der Waals surface area contributed by atoms with Crippen molar-refractivity contribution >= 4 is 17.5 Å². The highest BCUT2D eigenvalue weighted by atomic mass is 16.2. The summed E-state index contributed by atoms with van der Waals surface area (Å²) in [4.78, 5) is 30.1. The van der Waals surface area contributed by atoms with E-state index in [9.17, 15) is 9.59 Å². The molecule has 2 aromatic rings. The molecule has 2 amide bonds. The van der Waals surface area contributed by atoms with Crippen LogP contribution in [0.2, 0.25) is 0 Å². The smallest absolute Gasteiger partial charge is 0.229 e. The highest BCUT2D eigenvalue weighted by molar-refractivity contribution is 5.97. The van der Waals surface area contributed by atoms with E-state index in [0.29, 0.717) is 24.6 Å². The number of carbonyl (C=O) groups is 2. The van der Waals surface area contributed by atoms with Crippen molar-refractivity contribution in [1.29, 1.82) is 0 Å². The van der Waals surface area contributed by atoms with E-state index < -0.39 is 0 Å². The van der Waals surface area contributed by atoms with Gasteiger partial charge in [0.2, 0.25) is 11.8 Å². The maximum atomic E-state index is 12.3. The minimum atomic E-state index is -0.298. The van der Waals surface area contributed by atoms with E-state index in [1.807, 2.05) is 32.9 Å². The van der Waals surface area contributed by atoms with Gasteiger partial charge in [0.15, 0.2) is 5.82 Å². The average Bonchev–Trinajstić information content (AvgIpc) is 3.10. The van der Waals surface area contributed by atoms with Crippen molar-refractivity contribution in [2.24, 2.45) is 5.92 Å². The lowest BCUT2D eigenvalue weighted by Gasteiger charge is -2.13. The van der Waals surface area contributed by atoms with Crippen molar-refractivity contribution in [3.05, 3.63) is 35.8 Å². The summed E-state index contributed by atoms with van der Waals surface area (Å²) >= 11 is 0. The van der Waals surface area contributed by atoms with Crippen LogP contribution in [0.15, 0.2) is 24.4 Å². The van der Waals surface area contributed by atoms with E-state index in [2.05, 4.69) is 15.4 Å². The molecule has 1 N–H and O–H groups in total. The molecule has 3 heterocycles. The third-order valence-corrected chi connectivity index (χ3v) is 4.21. The second-order valence-electron chi connectivity index (χ2n) is 6.07. The van der Waals surface area contributed by atoms with Crippen LogP contribution in [0.5, 0.6) is 0 Å². The molecule has 7 nitrogen and oxygen atoms in total. The largest absolute Gasteiger partial charge is 0.342 e. The van der Waals surface area contributed by atoms with Crippen molar-refractivity contribution < 1.29 is 9.59 Å². The Kier molecular flexibility index (Phi) is 4.33. The van der Waals surface area contributed by atoms with Gasteiger partial charge in [-0.25, -0.2) is 9.67 Å². The zero-order chi connectivity index (χ0) is 17.3. The van der Waals surface area contributed by atoms with E-state index in [0.717, 1.165) is 11.4 Å². The Morgan fingerprint density at radius 3 is 2.71 bits per heavy atom. The van der Waals surface area contributed by atoms with Crippen molar-refractivity contribution in [3.63, 3.8) is 0 Å². The van der Waals surface area contributed by atoms with Gasteiger partial charge >= 0.3 is 0 Å². The molecule has 0 spiro atoms. The fraction of sp³-hybridized carbons (Fsp3) is 0.412. The van der Waals surface area contributed by atoms with Crippen molar-refractivity contribution in [3.8, 4) is 5.82 Å². The van der Waals surface area contributed by atoms with Gasteiger partial charge in [-0.3, -0.25) is 9.59 Å². The Hall–Kier alpha value is -2.70. The summed E-state index contributed by atoms with van der Waals surface area (Å²) in [5, 5.41) is 7.22. The molecule has 1 atom stereocenters. The summed E-state index contributed by atoms with van der Waals surface area (Å²) in [6.07, 6.45) is 1.88. The van der Waals surface area contributed by atoms with Crippen LogP contribution >= 0.6 is 0 Å². The number of hydrogen-bond donors (Lipinski definition) is 1. The molecule has 24 heavy (non-hydrogen) atoms. The molecular weight excluding hydrogens is 306 g/mol. The van der Waals surface area contributed by atoms with Crippen LogP contribution in [0.3, 0.4) is 0 Å². The second kappa shape index (κ2) is 6.43. The standard InChI is InChI=1S/C17H21N5O2/c1-4-21-10-13(8-16(21)23)17(24)19-14-5-6-15(18-9-14)22-12(3)7-11(2)20-22/h5-7,9,13H,4,8,10H2,1-3H3,(H,19,24)/t13-/m0/s1. The van der Waals surface area contributed by atoms with E-state index in [-0.39, 0.29) is 24.2 Å². The summed E-state index contributed by atoms with van der Waals surface area (Å²) < 4.78 is 1.76. The summed E-state index contributed by atoms with van der Waals surface area (Å²) in [5.41, 5.74) is 2.55. The van der Waals surface area contributed by atoms with Crippen LogP contribution in [-0.4, -0.2) is 44.6 Å². The molecule has 1 aliphatic heterocycles. The SMILES string of the molecule is CCN1C[C@@H](C(=O)Nc2ccc(-n3nc(C)cc3C)nc2)CC1=O. The quantitative estimate of drug-likeness (QED) is 0.927. The zero-order valence-electron chi connectivity index (χ0n) is 14.1. The lowest BCUT2D eigenvalue weighted by Crippen LogP contribution is -2.28. The minimum Gasteiger partial charge on any atom is -0.342 e. The molecule has 0 unspecified atom stereocenters. The molecule has 1 fully saturated rings. The maximum absolute atomic E-state index is 12.3. The molecule has 2 aromatic heterocycles. The number of pyridine rings is 1. The number of rotatable bonds is 4. The van der Waals surface area contributed by atoms with Crippen molar-refractivity contribution in [2.75, 3.05) is 18.4 Å². The Balaban J connectivity index is 1.67. The molecule has 0 aliphatic carbocycles. The molecule has 1 aliphatic rings. The third kappa shape index (κ3) is 3.15. The number of anilines is 1. The molecule has 0 bridgehead atoms. The molecule has 0 radical (unpaired) electrons. The molecule has 0 saturated carbocycles. The number of likely N-dealkylation sites (tertiary alicyclic amines) is 1. The van der Waals surface area contributed by atoms with Crippen LogP contribution in [0, 0.1) is 19.8 Å². The van der Waals surface area contributed by atoms with E-state index in [4.69, 9.17) is 0 Å². The number of nitrogens with zero attached hydrogens (tertiary/aromatic N) is 4. The number of amides is 2. The molecule has 126 valence electrons. The minimum absolute atomic E-state index is 0.0376. The Bertz CT molecular complexity index is 766. The van der Waals surface area contributed by atoms with Crippen LogP contribution in [-0.2, 0) is 9.59 Å². The third-order valence-electron chi connectivity index (χ3n) is 4.21. The first-order chi connectivity index (χ1) is 11.5. The normalized spacial score (nSPS) is 17.4. The molecule has 1 saturated heterocycles. The van der Waals surface area contributed by atoms with Gasteiger partial charge in [0.25, 0.3) is 0 Å². The summed E-state index contributed by atoms with van der Waals surface area (Å²) in [5.74, 6) is 0.301. The highest BCUT2D eigenvalue weighted by Crippen LogP contribution is 2.20. The summed E-state index contributed by atoms with van der Waals surface area (Å²) in [6, 6.07) is 5.59.